The van der Waals surface area contributed by atoms with E-state index in [0.717, 1.165) is 6.42 Å². The van der Waals surface area contributed by atoms with Crippen molar-refractivity contribution >= 4 is 5.91 Å². The van der Waals surface area contributed by atoms with Gasteiger partial charge >= 0.3 is 0 Å². The molecule has 2 rings (SSSR count). The normalized spacial score (nSPS) is 38.8. The van der Waals surface area contributed by atoms with E-state index in [1.165, 1.54) is 0 Å². The van der Waals surface area contributed by atoms with E-state index < -0.39 is 5.54 Å². The lowest BCUT2D eigenvalue weighted by molar-refractivity contribution is -0.139. The predicted octanol–water partition coefficient (Wildman–Crippen LogP) is 0.348. The molecule has 2 aliphatic heterocycles. The Bertz CT molecular complexity index is 291. The predicted molar refractivity (Wildman–Crippen MR) is 63.6 cm³/mol. The third-order valence-electron chi connectivity index (χ3n) is 3.72. The van der Waals surface area contributed by atoms with Gasteiger partial charge in [-0.2, -0.15) is 0 Å². The number of carbonyl (C=O) groups excluding carboxylic acids is 1. The molecular weight excluding hydrogens is 220 g/mol. The molecular formula is C12H22N2O3. The molecule has 3 atom stereocenters. The summed E-state index contributed by atoms with van der Waals surface area (Å²) in [6, 6.07) is 0. The molecule has 3 unspecified atom stereocenters. The SMILES string of the molecule is CCC1(C)NC(C)N(CC2COCCO2)C1=O. The highest BCUT2D eigenvalue weighted by Gasteiger charge is 2.45. The third kappa shape index (κ3) is 2.46. The van der Waals surface area contributed by atoms with Crippen LogP contribution in [0, 0.1) is 0 Å². The molecule has 0 saturated carbocycles. The largest absolute Gasteiger partial charge is 0.376 e. The van der Waals surface area contributed by atoms with Gasteiger partial charge in [0.1, 0.15) is 0 Å². The first-order chi connectivity index (χ1) is 8.07. The van der Waals surface area contributed by atoms with Crippen molar-refractivity contribution in [2.24, 2.45) is 0 Å². The summed E-state index contributed by atoms with van der Waals surface area (Å²) in [5.41, 5.74) is -0.422. The fraction of sp³-hybridized carbons (Fsp3) is 0.917. The Balaban J connectivity index is 1.98. The van der Waals surface area contributed by atoms with Crippen molar-refractivity contribution in [3.05, 3.63) is 0 Å². The lowest BCUT2D eigenvalue weighted by Gasteiger charge is -2.29. The summed E-state index contributed by atoms with van der Waals surface area (Å²) in [6.07, 6.45) is 0.878. The highest BCUT2D eigenvalue weighted by atomic mass is 16.6. The van der Waals surface area contributed by atoms with Gasteiger partial charge in [0, 0.05) is 0 Å². The first kappa shape index (κ1) is 12.8. The average molecular weight is 242 g/mol. The van der Waals surface area contributed by atoms with Crippen LogP contribution >= 0.6 is 0 Å². The summed E-state index contributed by atoms with van der Waals surface area (Å²) in [7, 11) is 0. The Morgan fingerprint density at radius 3 is 2.82 bits per heavy atom. The van der Waals surface area contributed by atoms with E-state index in [4.69, 9.17) is 9.47 Å². The Hall–Kier alpha value is -0.650. The van der Waals surface area contributed by atoms with Gasteiger partial charge < -0.3 is 14.4 Å². The van der Waals surface area contributed by atoms with Gasteiger partial charge in [-0.05, 0) is 20.3 Å². The molecule has 0 bridgehead atoms. The van der Waals surface area contributed by atoms with E-state index in [1.807, 2.05) is 25.7 Å². The van der Waals surface area contributed by atoms with Gasteiger partial charge in [-0.1, -0.05) is 6.92 Å². The molecule has 0 aromatic heterocycles. The second-order valence-electron chi connectivity index (χ2n) is 5.03. The number of ether oxygens (including phenoxy) is 2. The van der Waals surface area contributed by atoms with Gasteiger partial charge in [-0.15, -0.1) is 0 Å². The summed E-state index contributed by atoms with van der Waals surface area (Å²) in [4.78, 5) is 14.2. The summed E-state index contributed by atoms with van der Waals surface area (Å²) in [5, 5.41) is 3.35. The maximum atomic E-state index is 12.3. The van der Waals surface area contributed by atoms with Crippen LogP contribution in [0.25, 0.3) is 0 Å². The van der Waals surface area contributed by atoms with Gasteiger partial charge in [0.05, 0.1) is 44.2 Å². The van der Waals surface area contributed by atoms with E-state index in [1.54, 1.807) is 0 Å². The number of carbonyl (C=O) groups is 1. The first-order valence-corrected chi connectivity index (χ1v) is 6.35. The van der Waals surface area contributed by atoms with Crippen LogP contribution in [0.2, 0.25) is 0 Å². The van der Waals surface area contributed by atoms with Crippen molar-refractivity contribution in [1.82, 2.24) is 10.2 Å². The molecule has 17 heavy (non-hydrogen) atoms. The Morgan fingerprint density at radius 2 is 2.29 bits per heavy atom. The van der Waals surface area contributed by atoms with Crippen LogP contribution in [0.15, 0.2) is 0 Å². The number of nitrogens with zero attached hydrogens (tertiary/aromatic N) is 1. The molecule has 98 valence electrons. The molecule has 0 aromatic carbocycles. The molecule has 0 spiro atoms. The van der Waals surface area contributed by atoms with Gasteiger partial charge in [-0.3, -0.25) is 10.1 Å². The fourth-order valence-electron chi connectivity index (χ4n) is 2.45. The summed E-state index contributed by atoms with van der Waals surface area (Å²) in [6.45, 7) is 8.49. The van der Waals surface area contributed by atoms with E-state index in [2.05, 4.69) is 5.32 Å². The smallest absolute Gasteiger partial charge is 0.243 e. The monoisotopic (exact) mass is 242 g/mol. The van der Waals surface area contributed by atoms with Gasteiger partial charge in [0.15, 0.2) is 0 Å². The maximum absolute atomic E-state index is 12.3. The zero-order valence-corrected chi connectivity index (χ0v) is 10.9. The van der Waals surface area contributed by atoms with Crippen LogP contribution < -0.4 is 5.32 Å². The van der Waals surface area contributed by atoms with Crippen molar-refractivity contribution in [2.75, 3.05) is 26.4 Å². The van der Waals surface area contributed by atoms with Crippen LogP contribution in [-0.4, -0.2) is 55.0 Å². The molecule has 2 aliphatic rings. The van der Waals surface area contributed by atoms with Crippen molar-refractivity contribution in [2.45, 2.75) is 45.0 Å². The van der Waals surface area contributed by atoms with Crippen LogP contribution in [-0.2, 0) is 14.3 Å². The average Bonchev–Trinajstić information content (AvgIpc) is 2.55. The van der Waals surface area contributed by atoms with Crippen LogP contribution in [0.4, 0.5) is 0 Å². The van der Waals surface area contributed by atoms with E-state index in [9.17, 15) is 4.79 Å². The molecule has 5 nitrogen and oxygen atoms in total. The molecule has 2 heterocycles. The summed E-state index contributed by atoms with van der Waals surface area (Å²) in [5.74, 6) is 0.168. The van der Waals surface area contributed by atoms with Crippen LogP contribution in [0.1, 0.15) is 27.2 Å². The number of hydrogen-bond acceptors (Lipinski definition) is 4. The highest BCUT2D eigenvalue weighted by Crippen LogP contribution is 2.24. The number of hydrogen-bond donors (Lipinski definition) is 1. The minimum Gasteiger partial charge on any atom is -0.376 e. The quantitative estimate of drug-likeness (QED) is 0.776. The summed E-state index contributed by atoms with van der Waals surface area (Å²) < 4.78 is 10.9. The standard InChI is InChI=1S/C12H22N2O3/c1-4-12(3)11(15)14(9(2)13-12)7-10-8-16-5-6-17-10/h9-10,13H,4-8H2,1-3H3. The van der Waals surface area contributed by atoms with Crippen molar-refractivity contribution in [3.63, 3.8) is 0 Å². The van der Waals surface area contributed by atoms with E-state index in [0.29, 0.717) is 26.4 Å². The van der Waals surface area contributed by atoms with Crippen molar-refractivity contribution in [3.8, 4) is 0 Å². The minimum atomic E-state index is -0.422. The molecule has 5 heteroatoms. The van der Waals surface area contributed by atoms with Gasteiger partial charge in [-0.25, -0.2) is 0 Å². The van der Waals surface area contributed by atoms with Crippen LogP contribution in [0.3, 0.4) is 0 Å². The Kier molecular flexibility index (Phi) is 3.70. The first-order valence-electron chi connectivity index (χ1n) is 6.35. The zero-order chi connectivity index (χ0) is 12.5. The highest BCUT2D eigenvalue weighted by molar-refractivity contribution is 5.88. The zero-order valence-electron chi connectivity index (χ0n) is 10.9. The molecule has 0 radical (unpaired) electrons. The van der Waals surface area contributed by atoms with E-state index in [-0.39, 0.29) is 18.2 Å². The number of nitrogens with one attached hydrogen (secondary N) is 1. The maximum Gasteiger partial charge on any atom is 0.243 e. The molecule has 2 saturated heterocycles. The Morgan fingerprint density at radius 1 is 1.53 bits per heavy atom. The molecule has 2 fully saturated rings. The van der Waals surface area contributed by atoms with Crippen LogP contribution in [0.5, 0.6) is 0 Å². The molecule has 0 aromatic rings. The molecule has 1 N–H and O–H groups in total. The molecule has 1 amide bonds. The van der Waals surface area contributed by atoms with Crippen molar-refractivity contribution < 1.29 is 14.3 Å². The van der Waals surface area contributed by atoms with Crippen molar-refractivity contribution in [1.29, 1.82) is 0 Å². The lowest BCUT2D eigenvalue weighted by Crippen LogP contribution is -2.45. The second kappa shape index (κ2) is 4.92. The fourth-order valence-corrected chi connectivity index (χ4v) is 2.45. The van der Waals surface area contributed by atoms with Gasteiger partial charge in [0.2, 0.25) is 5.91 Å². The van der Waals surface area contributed by atoms with E-state index >= 15 is 0 Å². The van der Waals surface area contributed by atoms with Gasteiger partial charge in [0.25, 0.3) is 0 Å². The Labute approximate surface area is 102 Å². The number of amides is 1. The lowest BCUT2D eigenvalue weighted by atomic mass is 9.99. The minimum absolute atomic E-state index is 0.0103. The molecule has 0 aliphatic carbocycles. The second-order valence-corrected chi connectivity index (χ2v) is 5.03. The third-order valence-corrected chi connectivity index (χ3v) is 3.72. The topological polar surface area (TPSA) is 50.8 Å². The number of rotatable bonds is 3. The summed E-state index contributed by atoms with van der Waals surface area (Å²) >= 11 is 0.